The summed E-state index contributed by atoms with van der Waals surface area (Å²) in [5, 5.41) is 3.06. The molecule has 0 unspecified atom stereocenters. The molecule has 14 heteroatoms. The van der Waals surface area contributed by atoms with E-state index in [4.69, 9.17) is 18.9 Å². The molecule has 1 fully saturated rings. The first-order valence-electron chi connectivity index (χ1n) is 15.7. The minimum atomic E-state index is -2.69. The number of aromatic nitrogens is 2. The van der Waals surface area contributed by atoms with Crippen LogP contribution in [0.25, 0.3) is 16.6 Å². The number of fused-ring (bicyclic) bond motifs is 2. The molecule has 3 aromatic carbocycles. The van der Waals surface area contributed by atoms with Crippen molar-refractivity contribution in [2.24, 2.45) is 0 Å². The normalized spacial score (nSPS) is 15.1. The molecule has 1 amide bonds. The van der Waals surface area contributed by atoms with E-state index >= 15 is 4.39 Å². The molecule has 4 heterocycles. The van der Waals surface area contributed by atoms with Gasteiger partial charge in [-0.25, -0.2) is 17.6 Å². The fourth-order valence-corrected chi connectivity index (χ4v) is 6.00. The monoisotopic (exact) mass is 690 g/mol. The standard InChI is InChI=1S/C36H30F4N4O6/c1-47-30-17-25-27(18-31(30)48-15-13-43-12-10-36(39,40)20-43)41-11-8-28(25)50-29-7-4-23(16-26(29)38)42-34(45)32-33-21(9-14-49-33)19-44(35(32)46)24-5-2-22(37)3-6-24/h2-8,11,16-19H,9-10,12-15,20H2,1H3,(H,42,45). The van der Waals surface area contributed by atoms with Crippen LogP contribution in [0.15, 0.2) is 77.9 Å². The second-order valence-corrected chi connectivity index (χ2v) is 11.9. The van der Waals surface area contributed by atoms with Gasteiger partial charge >= 0.3 is 0 Å². The van der Waals surface area contributed by atoms with Crippen molar-refractivity contribution in [2.45, 2.75) is 18.8 Å². The molecular weight excluding hydrogens is 660 g/mol. The van der Waals surface area contributed by atoms with Gasteiger partial charge in [0.15, 0.2) is 23.1 Å². The molecule has 0 atom stereocenters. The summed E-state index contributed by atoms with van der Waals surface area (Å²) in [4.78, 5) is 32.9. The smallest absolute Gasteiger partial charge is 0.271 e. The first-order chi connectivity index (χ1) is 24.1. The van der Waals surface area contributed by atoms with Gasteiger partial charge in [0.2, 0.25) is 0 Å². The Bertz CT molecular complexity index is 2160. The number of carbonyl (C=O) groups excluding carboxylic acids is 1. The molecule has 258 valence electrons. The Morgan fingerprint density at radius 3 is 2.58 bits per heavy atom. The van der Waals surface area contributed by atoms with Gasteiger partial charge in [-0.05, 0) is 48.5 Å². The molecule has 0 saturated carbocycles. The van der Waals surface area contributed by atoms with Gasteiger partial charge < -0.3 is 24.3 Å². The van der Waals surface area contributed by atoms with E-state index in [1.165, 1.54) is 54.3 Å². The zero-order chi connectivity index (χ0) is 35.0. The number of nitrogens with zero attached hydrogens (tertiary/aromatic N) is 3. The van der Waals surface area contributed by atoms with E-state index in [-0.39, 0.29) is 54.7 Å². The summed E-state index contributed by atoms with van der Waals surface area (Å²) in [5.41, 5.74) is 0.569. The van der Waals surface area contributed by atoms with Crippen molar-refractivity contribution in [3.05, 3.63) is 106 Å². The van der Waals surface area contributed by atoms with Gasteiger partial charge in [0, 0.05) is 72.8 Å². The van der Waals surface area contributed by atoms with Gasteiger partial charge in [0.1, 0.15) is 29.5 Å². The van der Waals surface area contributed by atoms with Crippen molar-refractivity contribution >= 4 is 22.5 Å². The van der Waals surface area contributed by atoms with Crippen LogP contribution in [-0.2, 0) is 6.42 Å². The van der Waals surface area contributed by atoms with Gasteiger partial charge in [-0.15, -0.1) is 0 Å². The second-order valence-electron chi connectivity index (χ2n) is 11.9. The average Bonchev–Trinajstić information content (AvgIpc) is 3.70. The Morgan fingerprint density at radius 2 is 1.84 bits per heavy atom. The minimum absolute atomic E-state index is 0.0591. The molecule has 2 aliphatic rings. The maximum Gasteiger partial charge on any atom is 0.271 e. The van der Waals surface area contributed by atoms with E-state index in [1.54, 1.807) is 29.3 Å². The summed E-state index contributed by atoms with van der Waals surface area (Å²) >= 11 is 0. The van der Waals surface area contributed by atoms with E-state index in [9.17, 15) is 22.8 Å². The van der Waals surface area contributed by atoms with Crippen molar-refractivity contribution in [3.8, 4) is 34.4 Å². The van der Waals surface area contributed by atoms with Crippen LogP contribution in [0.2, 0.25) is 0 Å². The van der Waals surface area contributed by atoms with Gasteiger partial charge in [0.25, 0.3) is 17.4 Å². The van der Waals surface area contributed by atoms with Crippen molar-refractivity contribution in [2.75, 3.05) is 45.3 Å². The third kappa shape index (κ3) is 6.66. The molecule has 2 aromatic heterocycles. The molecule has 2 aliphatic heterocycles. The highest BCUT2D eigenvalue weighted by molar-refractivity contribution is 6.06. The average molecular weight is 691 g/mol. The molecule has 7 rings (SSSR count). The lowest BCUT2D eigenvalue weighted by Crippen LogP contribution is -2.29. The molecule has 50 heavy (non-hydrogen) atoms. The highest BCUT2D eigenvalue weighted by Crippen LogP contribution is 2.38. The maximum absolute atomic E-state index is 15.4. The maximum atomic E-state index is 15.4. The molecule has 1 saturated heterocycles. The van der Waals surface area contributed by atoms with Crippen LogP contribution in [-0.4, -0.2) is 66.2 Å². The number of hydrogen-bond acceptors (Lipinski definition) is 8. The molecule has 1 N–H and O–H groups in total. The quantitative estimate of drug-likeness (QED) is 0.169. The van der Waals surface area contributed by atoms with Crippen molar-refractivity contribution in [3.63, 3.8) is 0 Å². The number of halogens is 4. The summed E-state index contributed by atoms with van der Waals surface area (Å²) in [5.74, 6) is -3.81. The van der Waals surface area contributed by atoms with Crippen LogP contribution in [0.1, 0.15) is 22.3 Å². The third-order valence-corrected chi connectivity index (χ3v) is 8.50. The molecule has 0 spiro atoms. The topological polar surface area (TPSA) is 104 Å². The number of carbonyl (C=O) groups is 1. The molecule has 5 aromatic rings. The van der Waals surface area contributed by atoms with E-state index < -0.39 is 29.0 Å². The largest absolute Gasteiger partial charge is 0.493 e. The van der Waals surface area contributed by atoms with E-state index in [1.807, 2.05) is 0 Å². The Kier molecular flexibility index (Phi) is 8.78. The number of rotatable bonds is 10. The molecule has 0 radical (unpaired) electrons. The summed E-state index contributed by atoms with van der Waals surface area (Å²) in [7, 11) is 1.45. The number of likely N-dealkylation sites (tertiary alicyclic amines) is 1. The summed E-state index contributed by atoms with van der Waals surface area (Å²) < 4.78 is 80.1. The molecular formula is C36H30F4N4O6. The lowest BCUT2D eigenvalue weighted by Gasteiger charge is -2.17. The minimum Gasteiger partial charge on any atom is -0.493 e. The van der Waals surface area contributed by atoms with Gasteiger partial charge in [0.05, 0.1) is 25.8 Å². The fourth-order valence-electron chi connectivity index (χ4n) is 6.00. The van der Waals surface area contributed by atoms with Crippen molar-refractivity contribution in [1.82, 2.24) is 14.5 Å². The number of amides is 1. The van der Waals surface area contributed by atoms with Crippen LogP contribution in [0.5, 0.6) is 28.7 Å². The SMILES string of the molecule is COc1cc2c(Oc3ccc(NC(=O)c4c5c(cn(-c6ccc(F)cc6)c4=O)CCO5)cc3F)ccnc2cc1OCCN1CCC(F)(F)C1. The van der Waals surface area contributed by atoms with E-state index in [0.717, 1.165) is 6.07 Å². The Balaban J connectivity index is 1.08. The Labute approximate surface area is 282 Å². The lowest BCUT2D eigenvalue weighted by atomic mass is 10.1. The zero-order valence-corrected chi connectivity index (χ0v) is 26.7. The number of nitrogens with one attached hydrogen (secondary N) is 1. The van der Waals surface area contributed by atoms with E-state index in [2.05, 4.69) is 10.3 Å². The van der Waals surface area contributed by atoms with Crippen molar-refractivity contribution < 1.29 is 41.3 Å². The van der Waals surface area contributed by atoms with Crippen LogP contribution in [0, 0.1) is 11.6 Å². The zero-order valence-electron chi connectivity index (χ0n) is 26.7. The number of alkyl halides is 2. The van der Waals surface area contributed by atoms with Crippen LogP contribution >= 0.6 is 0 Å². The summed E-state index contributed by atoms with van der Waals surface area (Å²) in [6.07, 6.45) is 3.33. The third-order valence-electron chi connectivity index (χ3n) is 8.50. The first-order valence-corrected chi connectivity index (χ1v) is 15.7. The molecule has 0 aliphatic carbocycles. The van der Waals surface area contributed by atoms with Gasteiger partial charge in [-0.2, -0.15) is 0 Å². The number of hydrogen-bond donors (Lipinski definition) is 1. The van der Waals surface area contributed by atoms with Crippen molar-refractivity contribution in [1.29, 1.82) is 0 Å². The molecule has 10 nitrogen and oxygen atoms in total. The number of methoxy groups -OCH3 is 1. The van der Waals surface area contributed by atoms with Crippen LogP contribution in [0.3, 0.4) is 0 Å². The predicted molar refractivity (Wildman–Crippen MR) is 175 cm³/mol. The Morgan fingerprint density at radius 1 is 1.02 bits per heavy atom. The second kappa shape index (κ2) is 13.3. The highest BCUT2D eigenvalue weighted by atomic mass is 19.3. The van der Waals surface area contributed by atoms with E-state index in [0.29, 0.717) is 53.2 Å². The molecule has 0 bridgehead atoms. The van der Waals surface area contributed by atoms with Gasteiger partial charge in [-0.3, -0.25) is 24.0 Å². The number of ether oxygens (including phenoxy) is 4. The first kappa shape index (κ1) is 32.9. The summed E-state index contributed by atoms with van der Waals surface area (Å²) in [6.45, 7) is 0.739. The Hall–Kier alpha value is -5.63. The van der Waals surface area contributed by atoms with Gasteiger partial charge in [-0.1, -0.05) is 0 Å². The highest BCUT2D eigenvalue weighted by Gasteiger charge is 2.37. The number of benzene rings is 3. The number of anilines is 1. The number of pyridine rings is 2. The van der Waals surface area contributed by atoms with Crippen LogP contribution in [0.4, 0.5) is 23.2 Å². The van der Waals surface area contributed by atoms with Crippen LogP contribution < -0.4 is 29.8 Å². The fraction of sp³-hybridized carbons (Fsp3) is 0.250. The lowest BCUT2D eigenvalue weighted by molar-refractivity contribution is 0.0112. The predicted octanol–water partition coefficient (Wildman–Crippen LogP) is 6.37. The summed E-state index contributed by atoms with van der Waals surface area (Å²) in [6, 6.07) is 13.9.